The quantitative estimate of drug-likeness (QED) is 0.881. The zero-order valence-electron chi connectivity index (χ0n) is 11.6. The van der Waals surface area contributed by atoms with Gasteiger partial charge in [0.2, 0.25) is 0 Å². The Bertz CT molecular complexity index is 765. The van der Waals surface area contributed by atoms with Crippen molar-refractivity contribution in [1.29, 1.82) is 0 Å². The lowest BCUT2D eigenvalue weighted by molar-refractivity contribution is 0.373. The lowest BCUT2D eigenvalue weighted by atomic mass is 10.2. The van der Waals surface area contributed by atoms with Crippen molar-refractivity contribution in [1.82, 2.24) is 0 Å². The molecular weight excluding hydrogens is 290 g/mol. The summed E-state index contributed by atoms with van der Waals surface area (Å²) in [6.45, 7) is 0. The molecule has 0 atom stereocenters. The molecule has 1 N–H and O–H groups in total. The maximum atomic E-state index is 11.4. The van der Waals surface area contributed by atoms with Crippen molar-refractivity contribution in [2.24, 2.45) is 4.99 Å². The number of rotatable bonds is 4. The molecule has 0 unspecified atom stereocenters. The van der Waals surface area contributed by atoms with Crippen molar-refractivity contribution in [3.05, 3.63) is 48.0 Å². The lowest BCUT2D eigenvalue weighted by Crippen LogP contribution is -1.95. The molecule has 6 heteroatoms. The Balaban J connectivity index is 2.26. The standard InChI is InChI=1S/C15H15NO4S/c1-20-14-5-3-4-11(15(14)17)10-16-12-6-8-13(9-7-12)21(2,18)19/h3-10,17H,1-2H3. The Kier molecular flexibility index (Phi) is 4.28. The molecule has 0 bridgehead atoms. The number of hydrogen-bond acceptors (Lipinski definition) is 5. The molecule has 110 valence electrons. The van der Waals surface area contributed by atoms with Crippen LogP contribution < -0.4 is 4.74 Å². The van der Waals surface area contributed by atoms with E-state index in [9.17, 15) is 13.5 Å². The average Bonchev–Trinajstić information content (AvgIpc) is 2.46. The molecule has 0 aliphatic heterocycles. The van der Waals surface area contributed by atoms with Crippen molar-refractivity contribution < 1.29 is 18.3 Å². The Morgan fingerprint density at radius 2 is 1.81 bits per heavy atom. The van der Waals surface area contributed by atoms with Crippen LogP contribution in [0.5, 0.6) is 11.5 Å². The number of para-hydroxylation sites is 1. The number of nitrogens with zero attached hydrogens (tertiary/aromatic N) is 1. The second kappa shape index (κ2) is 5.97. The fourth-order valence-corrected chi connectivity index (χ4v) is 2.36. The smallest absolute Gasteiger partial charge is 0.175 e. The third kappa shape index (κ3) is 3.61. The normalized spacial score (nSPS) is 11.7. The van der Waals surface area contributed by atoms with Crippen LogP contribution in [0, 0.1) is 0 Å². The zero-order chi connectivity index (χ0) is 15.5. The summed E-state index contributed by atoms with van der Waals surface area (Å²) >= 11 is 0. The zero-order valence-corrected chi connectivity index (χ0v) is 12.5. The van der Waals surface area contributed by atoms with E-state index in [0.717, 1.165) is 6.26 Å². The molecule has 0 aromatic heterocycles. The van der Waals surface area contributed by atoms with Crippen LogP contribution in [0.1, 0.15) is 5.56 Å². The van der Waals surface area contributed by atoms with Crippen molar-refractivity contribution >= 4 is 21.7 Å². The van der Waals surface area contributed by atoms with E-state index in [1.165, 1.54) is 25.5 Å². The first-order valence-electron chi connectivity index (χ1n) is 6.12. The van der Waals surface area contributed by atoms with Crippen LogP contribution in [-0.2, 0) is 9.84 Å². The first-order valence-corrected chi connectivity index (χ1v) is 8.01. The van der Waals surface area contributed by atoms with Gasteiger partial charge < -0.3 is 9.84 Å². The monoisotopic (exact) mass is 305 g/mol. The van der Waals surface area contributed by atoms with Gasteiger partial charge in [-0.1, -0.05) is 6.07 Å². The van der Waals surface area contributed by atoms with E-state index in [-0.39, 0.29) is 10.6 Å². The van der Waals surface area contributed by atoms with E-state index in [2.05, 4.69) is 4.99 Å². The van der Waals surface area contributed by atoms with Crippen LogP contribution in [-0.4, -0.2) is 33.1 Å². The molecule has 0 saturated carbocycles. The molecule has 0 radical (unpaired) electrons. The highest BCUT2D eigenvalue weighted by atomic mass is 32.2. The second-order valence-electron chi connectivity index (χ2n) is 4.42. The van der Waals surface area contributed by atoms with Crippen molar-refractivity contribution in [2.45, 2.75) is 4.90 Å². The van der Waals surface area contributed by atoms with Gasteiger partial charge in [0, 0.05) is 18.0 Å². The highest BCUT2D eigenvalue weighted by Gasteiger charge is 2.06. The minimum absolute atomic E-state index is 0.0107. The Labute approximate surface area is 123 Å². The molecule has 0 amide bonds. The number of phenolic OH excluding ortho intramolecular Hbond substituents is 1. The molecule has 0 spiro atoms. The Morgan fingerprint density at radius 3 is 2.38 bits per heavy atom. The maximum Gasteiger partial charge on any atom is 0.175 e. The first kappa shape index (κ1) is 15.1. The van der Waals surface area contributed by atoms with Gasteiger partial charge in [-0.05, 0) is 36.4 Å². The molecule has 0 heterocycles. The number of sulfone groups is 1. The minimum Gasteiger partial charge on any atom is -0.504 e. The van der Waals surface area contributed by atoms with Gasteiger partial charge in [0.05, 0.1) is 17.7 Å². The molecule has 0 saturated heterocycles. The van der Waals surface area contributed by atoms with E-state index < -0.39 is 9.84 Å². The van der Waals surface area contributed by atoms with Gasteiger partial charge >= 0.3 is 0 Å². The van der Waals surface area contributed by atoms with Gasteiger partial charge in [0.15, 0.2) is 21.3 Å². The van der Waals surface area contributed by atoms with Crippen LogP contribution in [0.4, 0.5) is 5.69 Å². The minimum atomic E-state index is -3.21. The third-order valence-electron chi connectivity index (χ3n) is 2.87. The number of aromatic hydroxyl groups is 1. The topological polar surface area (TPSA) is 76.0 Å². The van der Waals surface area contributed by atoms with Gasteiger partial charge in [0.25, 0.3) is 0 Å². The molecule has 0 fully saturated rings. The van der Waals surface area contributed by atoms with Crippen LogP contribution in [0.25, 0.3) is 0 Å². The van der Waals surface area contributed by atoms with Crippen molar-refractivity contribution in [3.63, 3.8) is 0 Å². The number of methoxy groups -OCH3 is 1. The summed E-state index contributed by atoms with van der Waals surface area (Å²) in [5.41, 5.74) is 1.10. The Hall–Kier alpha value is -2.34. The van der Waals surface area contributed by atoms with Crippen molar-refractivity contribution in [3.8, 4) is 11.5 Å². The predicted molar refractivity (Wildman–Crippen MR) is 81.5 cm³/mol. The molecule has 2 rings (SSSR count). The summed E-state index contributed by atoms with van der Waals surface area (Å²) in [4.78, 5) is 4.44. The number of hydrogen-bond donors (Lipinski definition) is 1. The number of benzene rings is 2. The molecule has 2 aromatic carbocycles. The van der Waals surface area contributed by atoms with Crippen molar-refractivity contribution in [2.75, 3.05) is 13.4 Å². The summed E-state index contributed by atoms with van der Waals surface area (Å²) in [7, 11) is -1.74. The van der Waals surface area contributed by atoms with E-state index in [0.29, 0.717) is 17.0 Å². The third-order valence-corrected chi connectivity index (χ3v) is 4.00. The average molecular weight is 305 g/mol. The van der Waals surface area contributed by atoms with E-state index in [4.69, 9.17) is 4.74 Å². The SMILES string of the molecule is COc1cccc(C=Nc2ccc(S(C)(=O)=O)cc2)c1O. The Morgan fingerprint density at radius 1 is 1.14 bits per heavy atom. The molecule has 21 heavy (non-hydrogen) atoms. The van der Waals surface area contributed by atoms with Crippen LogP contribution in [0.3, 0.4) is 0 Å². The summed E-state index contributed by atoms with van der Waals surface area (Å²) in [6.07, 6.45) is 2.65. The highest BCUT2D eigenvalue weighted by Crippen LogP contribution is 2.28. The largest absolute Gasteiger partial charge is 0.504 e. The number of phenols is 1. The number of aliphatic imine (C=N–C) groups is 1. The van der Waals surface area contributed by atoms with E-state index in [1.54, 1.807) is 30.3 Å². The fraction of sp³-hybridized carbons (Fsp3) is 0.133. The predicted octanol–water partition coefficient (Wildman–Crippen LogP) is 2.55. The second-order valence-corrected chi connectivity index (χ2v) is 6.44. The summed E-state index contributed by atoms with van der Waals surface area (Å²) in [6, 6.07) is 11.3. The maximum absolute atomic E-state index is 11.4. The summed E-state index contributed by atoms with van der Waals surface area (Å²) in [5.74, 6) is 0.378. The summed E-state index contributed by atoms with van der Waals surface area (Å²) in [5, 5.41) is 9.92. The van der Waals surface area contributed by atoms with Gasteiger partial charge in [-0.25, -0.2) is 8.42 Å². The van der Waals surface area contributed by atoms with Crippen LogP contribution in [0.15, 0.2) is 52.4 Å². The van der Waals surface area contributed by atoms with E-state index >= 15 is 0 Å². The van der Waals surface area contributed by atoms with Gasteiger partial charge in [0.1, 0.15) is 0 Å². The summed E-state index contributed by atoms with van der Waals surface area (Å²) < 4.78 is 27.7. The van der Waals surface area contributed by atoms with Crippen LogP contribution in [0.2, 0.25) is 0 Å². The molecule has 0 aliphatic carbocycles. The highest BCUT2D eigenvalue weighted by molar-refractivity contribution is 7.90. The lowest BCUT2D eigenvalue weighted by Gasteiger charge is -2.04. The van der Waals surface area contributed by atoms with Gasteiger partial charge in [-0.15, -0.1) is 0 Å². The molecular formula is C15H15NO4S. The first-order chi connectivity index (χ1) is 9.91. The van der Waals surface area contributed by atoms with Gasteiger partial charge in [-0.2, -0.15) is 0 Å². The molecule has 0 aliphatic rings. The molecule has 5 nitrogen and oxygen atoms in total. The van der Waals surface area contributed by atoms with Crippen LogP contribution >= 0.6 is 0 Å². The number of ether oxygens (including phenoxy) is 1. The van der Waals surface area contributed by atoms with E-state index in [1.807, 2.05) is 0 Å². The fourth-order valence-electron chi connectivity index (χ4n) is 1.73. The molecule has 2 aromatic rings. The van der Waals surface area contributed by atoms with Gasteiger partial charge in [-0.3, -0.25) is 4.99 Å².